The van der Waals surface area contributed by atoms with Gasteiger partial charge in [-0.1, -0.05) is 18.3 Å². The Labute approximate surface area is 167 Å². The standard InChI is InChI=1S/C17H21N5O4S2/c1-4-14-19-20-17(27-14)18-16(24)11-9-15(23)22(10-11)12-5-7-13(8-6-12)28(25,26)21(2)3/h5-8,11H,4,9-10H2,1-3H3,(H,18,20,24)/t11-/m1/s1. The average Bonchev–Trinajstić information content (AvgIpc) is 3.28. The van der Waals surface area contributed by atoms with Crippen LogP contribution in [0.4, 0.5) is 10.8 Å². The van der Waals surface area contributed by atoms with Crippen molar-refractivity contribution >= 4 is 44.0 Å². The van der Waals surface area contributed by atoms with Gasteiger partial charge in [-0.25, -0.2) is 12.7 Å². The number of carbonyl (C=O) groups is 2. The first-order chi connectivity index (χ1) is 13.2. The number of amides is 2. The van der Waals surface area contributed by atoms with Crippen LogP contribution < -0.4 is 10.2 Å². The van der Waals surface area contributed by atoms with Crippen LogP contribution in [0.5, 0.6) is 0 Å². The largest absolute Gasteiger partial charge is 0.312 e. The lowest BCUT2D eigenvalue weighted by molar-refractivity contribution is -0.122. The van der Waals surface area contributed by atoms with Crippen molar-refractivity contribution < 1.29 is 18.0 Å². The number of benzene rings is 1. The molecule has 1 aliphatic heterocycles. The first-order valence-electron chi connectivity index (χ1n) is 8.68. The molecule has 1 N–H and O–H groups in total. The molecule has 150 valence electrons. The molecule has 0 bridgehead atoms. The molecule has 2 amide bonds. The van der Waals surface area contributed by atoms with E-state index in [4.69, 9.17) is 0 Å². The van der Waals surface area contributed by atoms with Crippen molar-refractivity contribution in [3.05, 3.63) is 29.3 Å². The van der Waals surface area contributed by atoms with Gasteiger partial charge >= 0.3 is 0 Å². The average molecular weight is 424 g/mol. The summed E-state index contributed by atoms with van der Waals surface area (Å²) in [5.74, 6) is -0.969. The number of aromatic nitrogens is 2. The van der Waals surface area contributed by atoms with E-state index >= 15 is 0 Å². The van der Waals surface area contributed by atoms with E-state index < -0.39 is 15.9 Å². The van der Waals surface area contributed by atoms with Gasteiger partial charge in [0.15, 0.2) is 0 Å². The van der Waals surface area contributed by atoms with E-state index in [0.29, 0.717) is 10.8 Å². The van der Waals surface area contributed by atoms with E-state index in [1.807, 2.05) is 6.92 Å². The maximum atomic E-state index is 12.5. The van der Waals surface area contributed by atoms with Gasteiger partial charge in [0.2, 0.25) is 27.0 Å². The van der Waals surface area contributed by atoms with Crippen molar-refractivity contribution in [2.24, 2.45) is 5.92 Å². The third kappa shape index (κ3) is 4.05. The van der Waals surface area contributed by atoms with Crippen molar-refractivity contribution in [2.75, 3.05) is 30.9 Å². The van der Waals surface area contributed by atoms with Crippen molar-refractivity contribution in [1.29, 1.82) is 0 Å². The van der Waals surface area contributed by atoms with Crippen molar-refractivity contribution in [2.45, 2.75) is 24.7 Å². The molecule has 0 radical (unpaired) electrons. The fraction of sp³-hybridized carbons (Fsp3) is 0.412. The molecule has 1 atom stereocenters. The molecule has 2 heterocycles. The Hall–Kier alpha value is -2.37. The highest BCUT2D eigenvalue weighted by atomic mass is 32.2. The Morgan fingerprint density at radius 2 is 1.96 bits per heavy atom. The van der Waals surface area contributed by atoms with Gasteiger partial charge in [0.1, 0.15) is 5.01 Å². The zero-order valence-corrected chi connectivity index (χ0v) is 17.4. The maximum Gasteiger partial charge on any atom is 0.242 e. The van der Waals surface area contributed by atoms with Crippen LogP contribution in [-0.4, -0.2) is 55.4 Å². The molecule has 1 aromatic heterocycles. The Bertz CT molecular complexity index is 985. The van der Waals surface area contributed by atoms with Crippen LogP contribution in [0.1, 0.15) is 18.4 Å². The number of carbonyl (C=O) groups excluding carboxylic acids is 2. The predicted octanol–water partition coefficient (Wildman–Crippen LogP) is 1.34. The highest BCUT2D eigenvalue weighted by molar-refractivity contribution is 7.89. The molecule has 1 saturated heterocycles. The Morgan fingerprint density at radius 1 is 1.29 bits per heavy atom. The summed E-state index contributed by atoms with van der Waals surface area (Å²) in [6.07, 6.45) is 0.825. The predicted molar refractivity (Wildman–Crippen MR) is 106 cm³/mol. The summed E-state index contributed by atoms with van der Waals surface area (Å²) in [6.45, 7) is 2.18. The van der Waals surface area contributed by atoms with Gasteiger partial charge in [0.25, 0.3) is 0 Å². The molecule has 28 heavy (non-hydrogen) atoms. The molecule has 0 spiro atoms. The lowest BCUT2D eigenvalue weighted by Gasteiger charge is -2.18. The smallest absolute Gasteiger partial charge is 0.242 e. The van der Waals surface area contributed by atoms with E-state index in [0.717, 1.165) is 15.7 Å². The van der Waals surface area contributed by atoms with Gasteiger partial charge in [0, 0.05) is 32.7 Å². The summed E-state index contributed by atoms with van der Waals surface area (Å²) in [5, 5.41) is 11.8. The summed E-state index contributed by atoms with van der Waals surface area (Å²) >= 11 is 1.31. The molecule has 11 heteroatoms. The molecule has 9 nitrogen and oxygen atoms in total. The highest BCUT2D eigenvalue weighted by Gasteiger charge is 2.35. The number of hydrogen-bond acceptors (Lipinski definition) is 7. The molecular formula is C17H21N5O4S2. The van der Waals surface area contributed by atoms with Crippen LogP contribution in [0, 0.1) is 5.92 Å². The number of hydrogen-bond donors (Lipinski definition) is 1. The van der Waals surface area contributed by atoms with Crippen LogP contribution in [0.3, 0.4) is 0 Å². The monoisotopic (exact) mass is 423 g/mol. The van der Waals surface area contributed by atoms with Gasteiger partial charge in [-0.05, 0) is 30.7 Å². The summed E-state index contributed by atoms with van der Waals surface area (Å²) in [5.41, 5.74) is 0.558. The molecule has 1 fully saturated rings. The van der Waals surface area contributed by atoms with Crippen LogP contribution in [-0.2, 0) is 26.0 Å². The van der Waals surface area contributed by atoms with Crippen LogP contribution >= 0.6 is 11.3 Å². The minimum Gasteiger partial charge on any atom is -0.312 e. The summed E-state index contributed by atoms with van der Waals surface area (Å²) in [4.78, 5) is 26.5. The van der Waals surface area contributed by atoms with Crippen molar-refractivity contribution in [3.8, 4) is 0 Å². The summed E-state index contributed by atoms with van der Waals surface area (Å²) in [7, 11) is -0.623. The maximum absolute atomic E-state index is 12.5. The van der Waals surface area contributed by atoms with Crippen molar-refractivity contribution in [3.63, 3.8) is 0 Å². The first-order valence-corrected chi connectivity index (χ1v) is 10.9. The van der Waals surface area contributed by atoms with Crippen molar-refractivity contribution in [1.82, 2.24) is 14.5 Å². The number of anilines is 2. The van der Waals surface area contributed by atoms with E-state index in [1.54, 1.807) is 12.1 Å². The third-order valence-electron chi connectivity index (χ3n) is 4.42. The number of rotatable bonds is 6. The van der Waals surface area contributed by atoms with Crippen LogP contribution in [0.15, 0.2) is 29.2 Å². The van der Waals surface area contributed by atoms with E-state index in [-0.39, 0.29) is 29.7 Å². The minimum absolute atomic E-state index is 0.0863. The number of sulfonamides is 1. The van der Waals surface area contributed by atoms with Gasteiger partial charge < -0.3 is 10.2 Å². The Morgan fingerprint density at radius 3 is 2.54 bits per heavy atom. The number of nitrogens with one attached hydrogen (secondary N) is 1. The van der Waals surface area contributed by atoms with E-state index in [1.165, 1.54) is 42.5 Å². The SMILES string of the molecule is CCc1nnc(NC(=O)[C@@H]2CC(=O)N(c3ccc(S(=O)(=O)N(C)C)cc3)C2)s1. The van der Waals surface area contributed by atoms with Crippen LogP contribution in [0.25, 0.3) is 0 Å². The van der Waals surface area contributed by atoms with Gasteiger partial charge in [-0.3, -0.25) is 9.59 Å². The number of nitrogens with zero attached hydrogens (tertiary/aromatic N) is 4. The molecular weight excluding hydrogens is 402 g/mol. The lowest BCUT2D eigenvalue weighted by Crippen LogP contribution is -2.28. The molecule has 0 unspecified atom stereocenters. The third-order valence-corrected chi connectivity index (χ3v) is 7.23. The molecule has 2 aromatic rings. The topological polar surface area (TPSA) is 113 Å². The highest BCUT2D eigenvalue weighted by Crippen LogP contribution is 2.28. The van der Waals surface area contributed by atoms with Gasteiger partial charge in [0.05, 0.1) is 10.8 Å². The minimum atomic E-state index is -3.54. The molecule has 0 saturated carbocycles. The fourth-order valence-electron chi connectivity index (χ4n) is 2.80. The Kier molecular flexibility index (Phi) is 5.77. The lowest BCUT2D eigenvalue weighted by atomic mass is 10.1. The second kappa shape index (κ2) is 7.94. The van der Waals surface area contributed by atoms with Crippen LogP contribution in [0.2, 0.25) is 0 Å². The molecule has 1 aliphatic rings. The molecule has 1 aromatic carbocycles. The van der Waals surface area contributed by atoms with Gasteiger partial charge in [-0.15, -0.1) is 10.2 Å². The zero-order chi connectivity index (χ0) is 20.5. The Balaban J connectivity index is 1.69. The van der Waals surface area contributed by atoms with E-state index in [9.17, 15) is 18.0 Å². The molecule has 0 aliphatic carbocycles. The second-order valence-electron chi connectivity index (χ2n) is 6.53. The van der Waals surface area contributed by atoms with Gasteiger partial charge in [-0.2, -0.15) is 0 Å². The quantitative estimate of drug-likeness (QED) is 0.750. The normalized spacial score (nSPS) is 17.4. The molecule has 3 rings (SSSR count). The number of aryl methyl sites for hydroxylation is 1. The second-order valence-corrected chi connectivity index (χ2v) is 9.74. The zero-order valence-electron chi connectivity index (χ0n) is 15.7. The first kappa shape index (κ1) is 20.4. The summed E-state index contributed by atoms with van der Waals surface area (Å²) < 4.78 is 25.4. The summed E-state index contributed by atoms with van der Waals surface area (Å²) in [6, 6.07) is 6.07. The fourth-order valence-corrected chi connectivity index (χ4v) is 4.38. The van der Waals surface area contributed by atoms with E-state index in [2.05, 4.69) is 15.5 Å².